The molecule has 0 aromatic carbocycles. The lowest BCUT2D eigenvalue weighted by Crippen LogP contribution is -2.52. The number of ether oxygens (including phenoxy) is 1. The Kier molecular flexibility index (Phi) is 4.35. The molecule has 1 amide bonds. The average Bonchev–Trinajstić information content (AvgIpc) is 2.18. The van der Waals surface area contributed by atoms with Crippen LogP contribution in [0.4, 0.5) is 0 Å². The number of likely N-dealkylation sites (tertiary alicyclic amines) is 1. The lowest BCUT2D eigenvalue weighted by Gasteiger charge is -2.35. The summed E-state index contributed by atoms with van der Waals surface area (Å²) in [6, 6.07) is -0.151. The molecule has 1 heterocycles. The molecule has 0 bridgehead atoms. The smallest absolute Gasteiger partial charge is 0.239 e. The van der Waals surface area contributed by atoms with Crippen molar-refractivity contribution in [1.82, 2.24) is 4.90 Å². The van der Waals surface area contributed by atoms with Crippen molar-refractivity contribution in [1.29, 1.82) is 0 Å². The summed E-state index contributed by atoms with van der Waals surface area (Å²) in [7, 11) is 0. The predicted molar refractivity (Wildman–Crippen MR) is 54.9 cm³/mol. The zero-order valence-electron chi connectivity index (χ0n) is 9.03. The Hall–Kier alpha value is -0.610. The van der Waals surface area contributed by atoms with E-state index in [1.165, 1.54) is 0 Å². The van der Waals surface area contributed by atoms with E-state index < -0.39 is 0 Å². The molecule has 82 valence electrons. The summed E-state index contributed by atoms with van der Waals surface area (Å²) in [6.07, 6.45) is 1.82. The van der Waals surface area contributed by atoms with Crippen molar-refractivity contribution in [3.8, 4) is 0 Å². The Balaban J connectivity index is 2.44. The van der Waals surface area contributed by atoms with Gasteiger partial charge in [-0.15, -0.1) is 0 Å². The first-order chi connectivity index (χ1) is 6.66. The van der Waals surface area contributed by atoms with Crippen LogP contribution in [0.5, 0.6) is 0 Å². The minimum Gasteiger partial charge on any atom is -0.380 e. The van der Waals surface area contributed by atoms with Gasteiger partial charge in [0.25, 0.3) is 0 Å². The van der Waals surface area contributed by atoms with Crippen LogP contribution in [-0.4, -0.2) is 42.6 Å². The van der Waals surface area contributed by atoms with Crippen molar-refractivity contribution < 1.29 is 9.53 Å². The molecule has 14 heavy (non-hydrogen) atoms. The highest BCUT2D eigenvalue weighted by Gasteiger charge is 2.28. The number of piperidine rings is 1. The van der Waals surface area contributed by atoms with Crippen LogP contribution in [0, 0.1) is 0 Å². The molecule has 2 N–H and O–H groups in total. The Morgan fingerprint density at radius 2 is 2.43 bits per heavy atom. The van der Waals surface area contributed by atoms with E-state index in [4.69, 9.17) is 10.5 Å². The minimum atomic E-state index is -0.298. The molecular formula is C10H20N2O2. The summed E-state index contributed by atoms with van der Waals surface area (Å²) in [6.45, 7) is 6.08. The Morgan fingerprint density at radius 1 is 1.71 bits per heavy atom. The van der Waals surface area contributed by atoms with E-state index in [0.29, 0.717) is 13.2 Å². The average molecular weight is 200 g/mol. The van der Waals surface area contributed by atoms with Crippen molar-refractivity contribution >= 4 is 5.91 Å². The van der Waals surface area contributed by atoms with Crippen LogP contribution in [0.25, 0.3) is 0 Å². The Morgan fingerprint density at radius 3 is 3.07 bits per heavy atom. The summed E-state index contributed by atoms with van der Waals surface area (Å²) in [5.41, 5.74) is 5.70. The van der Waals surface area contributed by atoms with E-state index >= 15 is 0 Å². The monoisotopic (exact) mass is 200 g/mol. The number of rotatable bonds is 4. The standard InChI is InChI=1S/C10H20N2O2/c1-3-14-7-8(2)12-6-4-5-9(11)10(12)13/h8-9H,3-7,11H2,1-2H3. The first kappa shape index (κ1) is 11.5. The molecule has 2 unspecified atom stereocenters. The van der Waals surface area contributed by atoms with E-state index in [0.717, 1.165) is 19.4 Å². The van der Waals surface area contributed by atoms with Gasteiger partial charge in [-0.25, -0.2) is 0 Å². The lowest BCUT2D eigenvalue weighted by atomic mass is 10.0. The summed E-state index contributed by atoms with van der Waals surface area (Å²) in [5.74, 6) is 0.0726. The molecule has 0 aromatic heterocycles. The number of carbonyl (C=O) groups excluding carboxylic acids is 1. The fraction of sp³-hybridized carbons (Fsp3) is 0.900. The number of carbonyl (C=O) groups is 1. The van der Waals surface area contributed by atoms with Crippen molar-refractivity contribution in [2.24, 2.45) is 5.73 Å². The number of hydrogen-bond donors (Lipinski definition) is 1. The second-order valence-corrected chi connectivity index (χ2v) is 3.79. The highest BCUT2D eigenvalue weighted by atomic mass is 16.5. The van der Waals surface area contributed by atoms with Crippen LogP contribution in [0.15, 0.2) is 0 Å². The first-order valence-corrected chi connectivity index (χ1v) is 5.30. The second-order valence-electron chi connectivity index (χ2n) is 3.79. The van der Waals surface area contributed by atoms with Gasteiger partial charge in [0, 0.05) is 13.2 Å². The van der Waals surface area contributed by atoms with Crippen molar-refractivity contribution in [2.45, 2.75) is 38.8 Å². The van der Waals surface area contributed by atoms with Crippen LogP contribution in [0.3, 0.4) is 0 Å². The zero-order valence-corrected chi connectivity index (χ0v) is 9.03. The van der Waals surface area contributed by atoms with Gasteiger partial charge in [-0.1, -0.05) is 0 Å². The summed E-state index contributed by atoms with van der Waals surface area (Å²) in [5, 5.41) is 0. The van der Waals surface area contributed by atoms with Gasteiger partial charge in [0.1, 0.15) is 0 Å². The molecule has 4 heteroatoms. The molecular weight excluding hydrogens is 180 g/mol. The van der Waals surface area contributed by atoms with Crippen molar-refractivity contribution in [3.63, 3.8) is 0 Å². The predicted octanol–water partition coefficient (Wildman–Crippen LogP) is 0.361. The highest BCUT2D eigenvalue weighted by Crippen LogP contribution is 2.13. The van der Waals surface area contributed by atoms with E-state index in [1.807, 2.05) is 18.7 Å². The minimum absolute atomic E-state index is 0.0726. The van der Waals surface area contributed by atoms with Crippen LogP contribution in [0.2, 0.25) is 0 Å². The van der Waals surface area contributed by atoms with E-state index in [-0.39, 0.29) is 18.0 Å². The maximum Gasteiger partial charge on any atom is 0.239 e. The van der Waals surface area contributed by atoms with E-state index in [2.05, 4.69) is 0 Å². The Bertz CT molecular complexity index is 197. The summed E-state index contributed by atoms with van der Waals surface area (Å²) in [4.78, 5) is 13.5. The molecule has 0 spiro atoms. The third kappa shape index (κ3) is 2.69. The van der Waals surface area contributed by atoms with Crippen LogP contribution in [-0.2, 0) is 9.53 Å². The van der Waals surface area contributed by atoms with Gasteiger partial charge < -0.3 is 15.4 Å². The van der Waals surface area contributed by atoms with Gasteiger partial charge in [-0.3, -0.25) is 4.79 Å². The fourth-order valence-corrected chi connectivity index (χ4v) is 1.74. The molecule has 0 aromatic rings. The first-order valence-electron chi connectivity index (χ1n) is 5.30. The molecule has 1 aliphatic rings. The third-order valence-electron chi connectivity index (χ3n) is 2.61. The van der Waals surface area contributed by atoms with Crippen LogP contribution in [0.1, 0.15) is 26.7 Å². The van der Waals surface area contributed by atoms with Crippen molar-refractivity contribution in [3.05, 3.63) is 0 Å². The summed E-state index contributed by atoms with van der Waals surface area (Å²) >= 11 is 0. The largest absolute Gasteiger partial charge is 0.380 e. The second kappa shape index (κ2) is 5.32. The fourth-order valence-electron chi connectivity index (χ4n) is 1.74. The Labute approximate surface area is 85.4 Å². The topological polar surface area (TPSA) is 55.6 Å². The van der Waals surface area contributed by atoms with Gasteiger partial charge in [-0.05, 0) is 26.7 Å². The molecule has 1 fully saturated rings. The summed E-state index contributed by atoms with van der Waals surface area (Å²) < 4.78 is 5.30. The molecule has 0 radical (unpaired) electrons. The normalized spacial score (nSPS) is 25.2. The van der Waals surface area contributed by atoms with Gasteiger partial charge >= 0.3 is 0 Å². The SMILES string of the molecule is CCOCC(C)N1CCCC(N)C1=O. The van der Waals surface area contributed by atoms with Gasteiger partial charge in [-0.2, -0.15) is 0 Å². The maximum absolute atomic E-state index is 11.7. The zero-order chi connectivity index (χ0) is 10.6. The lowest BCUT2D eigenvalue weighted by molar-refractivity contribution is -0.138. The molecule has 4 nitrogen and oxygen atoms in total. The van der Waals surface area contributed by atoms with Gasteiger partial charge in [0.05, 0.1) is 18.7 Å². The number of amides is 1. The molecule has 0 saturated carbocycles. The molecule has 1 saturated heterocycles. The number of nitrogens with zero attached hydrogens (tertiary/aromatic N) is 1. The van der Waals surface area contributed by atoms with Crippen LogP contribution < -0.4 is 5.73 Å². The highest BCUT2D eigenvalue weighted by molar-refractivity contribution is 5.82. The molecule has 1 aliphatic heterocycles. The van der Waals surface area contributed by atoms with Crippen molar-refractivity contribution in [2.75, 3.05) is 19.8 Å². The number of nitrogens with two attached hydrogens (primary N) is 1. The van der Waals surface area contributed by atoms with E-state index in [9.17, 15) is 4.79 Å². The third-order valence-corrected chi connectivity index (χ3v) is 2.61. The molecule has 2 atom stereocenters. The van der Waals surface area contributed by atoms with Gasteiger partial charge in [0.15, 0.2) is 0 Å². The quantitative estimate of drug-likeness (QED) is 0.713. The van der Waals surface area contributed by atoms with Gasteiger partial charge in [0.2, 0.25) is 5.91 Å². The van der Waals surface area contributed by atoms with E-state index in [1.54, 1.807) is 0 Å². The molecule has 0 aliphatic carbocycles. The number of hydrogen-bond acceptors (Lipinski definition) is 3. The maximum atomic E-state index is 11.7. The molecule has 1 rings (SSSR count). The van der Waals surface area contributed by atoms with Crippen LogP contribution >= 0.6 is 0 Å².